The highest BCUT2D eigenvalue weighted by Gasteiger charge is 2.14. The maximum Gasteiger partial charge on any atom is 0.228 e. The summed E-state index contributed by atoms with van der Waals surface area (Å²) in [5, 5.41) is 3.95. The molecule has 5 heteroatoms. The lowest BCUT2D eigenvalue weighted by Crippen LogP contribution is -2.25. The van der Waals surface area contributed by atoms with E-state index in [9.17, 15) is 9.59 Å². The third-order valence-corrected chi connectivity index (χ3v) is 4.04. The minimum atomic E-state index is -0.121. The lowest BCUT2D eigenvalue weighted by Gasteiger charge is -2.19. The molecule has 0 aliphatic carbocycles. The zero-order chi connectivity index (χ0) is 17.1. The Bertz CT molecular complexity index is 898. The van der Waals surface area contributed by atoms with Gasteiger partial charge in [0.1, 0.15) is 0 Å². The number of anilines is 2. The molecule has 0 bridgehead atoms. The number of carbonyl (C=O) groups excluding carboxylic acids is 2. The summed E-state index contributed by atoms with van der Waals surface area (Å²) >= 11 is 0. The number of nitrogens with zero attached hydrogens (tertiary/aromatic N) is 1. The van der Waals surface area contributed by atoms with Crippen molar-refractivity contribution in [2.45, 2.75) is 13.3 Å². The minimum absolute atomic E-state index is 0.0895. The van der Waals surface area contributed by atoms with Gasteiger partial charge in [-0.3, -0.25) is 9.59 Å². The largest absolute Gasteiger partial charge is 0.361 e. The summed E-state index contributed by atoms with van der Waals surface area (Å²) in [7, 11) is 1.69. The quantitative estimate of drug-likeness (QED) is 0.774. The highest BCUT2D eigenvalue weighted by molar-refractivity contribution is 6.01. The third kappa shape index (κ3) is 3.15. The van der Waals surface area contributed by atoms with Crippen LogP contribution in [0.5, 0.6) is 0 Å². The van der Waals surface area contributed by atoms with Gasteiger partial charge in [-0.25, -0.2) is 0 Å². The minimum Gasteiger partial charge on any atom is -0.361 e. The molecule has 0 saturated heterocycles. The molecule has 0 radical (unpaired) electrons. The topological polar surface area (TPSA) is 65.2 Å². The maximum atomic E-state index is 12.4. The van der Waals surface area contributed by atoms with Crippen LogP contribution in [0.15, 0.2) is 54.7 Å². The van der Waals surface area contributed by atoms with Gasteiger partial charge in [0.15, 0.2) is 0 Å². The van der Waals surface area contributed by atoms with Gasteiger partial charge < -0.3 is 15.2 Å². The summed E-state index contributed by atoms with van der Waals surface area (Å²) in [5.74, 6) is -0.211. The van der Waals surface area contributed by atoms with Crippen LogP contribution in [0, 0.1) is 0 Å². The molecule has 3 rings (SSSR count). The molecule has 5 nitrogen and oxygen atoms in total. The first kappa shape index (κ1) is 15.8. The number of H-pyrrole nitrogens is 1. The van der Waals surface area contributed by atoms with E-state index in [-0.39, 0.29) is 18.2 Å². The van der Waals surface area contributed by atoms with Gasteiger partial charge in [0, 0.05) is 31.1 Å². The highest BCUT2D eigenvalue weighted by atomic mass is 16.2. The molecular formula is C19H19N3O2. The van der Waals surface area contributed by atoms with Gasteiger partial charge >= 0.3 is 0 Å². The summed E-state index contributed by atoms with van der Waals surface area (Å²) in [6, 6.07) is 15.2. The van der Waals surface area contributed by atoms with Crippen LogP contribution in [0.25, 0.3) is 10.9 Å². The van der Waals surface area contributed by atoms with Crippen LogP contribution in [-0.2, 0) is 16.0 Å². The average molecular weight is 321 g/mol. The number of benzene rings is 2. The molecule has 0 fully saturated rings. The number of amides is 2. The van der Waals surface area contributed by atoms with Gasteiger partial charge in [0.25, 0.3) is 0 Å². The molecule has 1 aromatic heterocycles. The number of carbonyl (C=O) groups is 2. The Morgan fingerprint density at radius 3 is 2.58 bits per heavy atom. The smallest absolute Gasteiger partial charge is 0.228 e. The normalized spacial score (nSPS) is 10.6. The number of aromatic amines is 1. The first-order valence-electron chi connectivity index (χ1n) is 7.74. The molecule has 122 valence electrons. The second kappa shape index (κ2) is 6.58. The first-order chi connectivity index (χ1) is 11.6. The molecule has 0 aliphatic heterocycles. The lowest BCUT2D eigenvalue weighted by molar-refractivity contribution is -0.117. The predicted octanol–water partition coefficient (Wildman–Crippen LogP) is 3.33. The molecule has 0 aliphatic rings. The van der Waals surface area contributed by atoms with Crippen molar-refractivity contribution < 1.29 is 9.59 Å². The first-order valence-corrected chi connectivity index (χ1v) is 7.74. The van der Waals surface area contributed by atoms with Crippen LogP contribution >= 0.6 is 0 Å². The van der Waals surface area contributed by atoms with E-state index in [0.717, 1.165) is 16.5 Å². The van der Waals surface area contributed by atoms with Crippen molar-refractivity contribution in [3.8, 4) is 0 Å². The summed E-state index contributed by atoms with van der Waals surface area (Å²) < 4.78 is 0. The Morgan fingerprint density at radius 2 is 1.79 bits per heavy atom. The fraction of sp³-hybridized carbons (Fsp3) is 0.158. The number of aromatic nitrogens is 1. The molecular weight excluding hydrogens is 302 g/mol. The molecule has 2 N–H and O–H groups in total. The molecule has 0 unspecified atom stereocenters. The van der Waals surface area contributed by atoms with E-state index < -0.39 is 0 Å². The van der Waals surface area contributed by atoms with E-state index in [1.54, 1.807) is 13.1 Å². The van der Waals surface area contributed by atoms with Crippen LogP contribution in [0.4, 0.5) is 11.4 Å². The van der Waals surface area contributed by atoms with Crippen LogP contribution in [-0.4, -0.2) is 23.8 Å². The fourth-order valence-corrected chi connectivity index (χ4v) is 2.69. The molecule has 24 heavy (non-hydrogen) atoms. The summed E-state index contributed by atoms with van der Waals surface area (Å²) in [5.41, 5.74) is 3.26. The van der Waals surface area contributed by atoms with Crippen molar-refractivity contribution in [1.29, 1.82) is 0 Å². The van der Waals surface area contributed by atoms with Crippen LogP contribution in [0.1, 0.15) is 12.5 Å². The molecule has 0 spiro atoms. The predicted molar refractivity (Wildman–Crippen MR) is 96.2 cm³/mol. The van der Waals surface area contributed by atoms with Gasteiger partial charge in [0.05, 0.1) is 17.8 Å². The number of nitrogens with one attached hydrogen (secondary N) is 2. The van der Waals surface area contributed by atoms with Crippen molar-refractivity contribution in [2.24, 2.45) is 0 Å². The van der Waals surface area contributed by atoms with Crippen molar-refractivity contribution in [3.63, 3.8) is 0 Å². The molecule has 1 heterocycles. The molecule has 2 amide bonds. The van der Waals surface area contributed by atoms with Gasteiger partial charge in [-0.2, -0.15) is 0 Å². The molecule has 0 saturated carbocycles. The monoisotopic (exact) mass is 321 g/mol. The Morgan fingerprint density at radius 1 is 1.08 bits per heavy atom. The fourth-order valence-electron chi connectivity index (χ4n) is 2.69. The van der Waals surface area contributed by atoms with E-state index in [1.807, 2.05) is 48.7 Å². The number of hydrogen-bond donors (Lipinski definition) is 2. The number of fused-ring (bicyclic) bond motifs is 1. The van der Waals surface area contributed by atoms with E-state index >= 15 is 0 Å². The van der Waals surface area contributed by atoms with Gasteiger partial charge in [-0.1, -0.05) is 30.3 Å². The zero-order valence-electron chi connectivity index (χ0n) is 13.7. The molecule has 3 aromatic rings. The van der Waals surface area contributed by atoms with Crippen molar-refractivity contribution in [3.05, 3.63) is 60.3 Å². The average Bonchev–Trinajstić information content (AvgIpc) is 2.98. The lowest BCUT2D eigenvalue weighted by atomic mass is 10.1. The summed E-state index contributed by atoms with van der Waals surface area (Å²) in [6.07, 6.45) is 2.12. The van der Waals surface area contributed by atoms with Gasteiger partial charge in [-0.15, -0.1) is 0 Å². The van der Waals surface area contributed by atoms with E-state index in [4.69, 9.17) is 0 Å². The van der Waals surface area contributed by atoms with E-state index in [1.165, 1.54) is 11.8 Å². The number of hydrogen-bond acceptors (Lipinski definition) is 2. The molecule has 2 aromatic carbocycles. The second-order valence-corrected chi connectivity index (χ2v) is 5.68. The van der Waals surface area contributed by atoms with Gasteiger partial charge in [-0.05, 0) is 23.8 Å². The Balaban J connectivity index is 1.79. The second-order valence-electron chi connectivity index (χ2n) is 5.68. The Kier molecular flexibility index (Phi) is 4.33. The van der Waals surface area contributed by atoms with Crippen molar-refractivity contribution >= 4 is 34.1 Å². The van der Waals surface area contributed by atoms with E-state index in [2.05, 4.69) is 10.3 Å². The van der Waals surface area contributed by atoms with Crippen molar-refractivity contribution in [2.75, 3.05) is 17.3 Å². The third-order valence-electron chi connectivity index (χ3n) is 4.04. The summed E-state index contributed by atoms with van der Waals surface area (Å²) in [6.45, 7) is 1.49. The highest BCUT2D eigenvalue weighted by Crippen LogP contribution is 2.25. The Labute approximate surface area is 140 Å². The SMILES string of the molecule is CC(=O)N(C)c1ccccc1NC(=O)Cc1c[nH]c2ccccc12. The maximum absolute atomic E-state index is 12.4. The van der Waals surface area contributed by atoms with Crippen LogP contribution in [0.2, 0.25) is 0 Å². The van der Waals surface area contributed by atoms with E-state index in [0.29, 0.717) is 11.4 Å². The summed E-state index contributed by atoms with van der Waals surface area (Å²) in [4.78, 5) is 28.7. The van der Waals surface area contributed by atoms with Gasteiger partial charge in [0.2, 0.25) is 11.8 Å². The van der Waals surface area contributed by atoms with Crippen molar-refractivity contribution in [1.82, 2.24) is 4.98 Å². The van der Waals surface area contributed by atoms with Crippen LogP contribution in [0.3, 0.4) is 0 Å². The van der Waals surface area contributed by atoms with Crippen LogP contribution < -0.4 is 10.2 Å². The zero-order valence-corrected chi connectivity index (χ0v) is 13.7. The standard InChI is InChI=1S/C19H19N3O2/c1-13(23)22(2)18-10-6-5-9-17(18)21-19(24)11-14-12-20-16-8-4-3-7-15(14)16/h3-10,12,20H,11H2,1-2H3,(H,21,24). The number of rotatable bonds is 4. The Hall–Kier alpha value is -3.08. The number of para-hydroxylation sites is 3. The molecule has 0 atom stereocenters.